The van der Waals surface area contributed by atoms with Crippen LogP contribution in [0.3, 0.4) is 0 Å². The number of nitrogens with zero attached hydrogens (tertiary/aromatic N) is 8. The fourth-order valence-electron chi connectivity index (χ4n) is 3.37. The number of nitrogens with two attached hydrogens (primary N) is 1. The van der Waals surface area contributed by atoms with Crippen LogP contribution >= 0.6 is 0 Å². The van der Waals surface area contributed by atoms with Gasteiger partial charge in [0.2, 0.25) is 11.8 Å². The van der Waals surface area contributed by atoms with Crippen molar-refractivity contribution in [2.24, 2.45) is 5.92 Å². The van der Waals surface area contributed by atoms with E-state index in [1.807, 2.05) is 13.0 Å². The van der Waals surface area contributed by atoms with Crippen LogP contribution in [0, 0.1) is 12.8 Å². The second-order valence-electron chi connectivity index (χ2n) is 7.68. The van der Waals surface area contributed by atoms with E-state index in [1.54, 1.807) is 16.8 Å². The van der Waals surface area contributed by atoms with Crippen molar-refractivity contribution in [2.45, 2.75) is 19.9 Å². The molecule has 0 aliphatic rings. The fraction of sp³-hybridized carbons (Fsp3) is 0.300. The molecule has 0 fully saturated rings. The number of imidazole rings is 1. The Kier molecular flexibility index (Phi) is 9.54. The molecule has 15 nitrogen and oxygen atoms in total. The second kappa shape index (κ2) is 12.4. The Bertz CT molecular complexity index is 1560. The molecule has 0 aliphatic heterocycles. The van der Waals surface area contributed by atoms with E-state index < -0.39 is 0 Å². The Morgan fingerprint density at radius 1 is 1.19 bits per heavy atom. The number of tetrazole rings is 1. The van der Waals surface area contributed by atoms with Crippen molar-refractivity contribution in [1.29, 1.82) is 0 Å². The summed E-state index contributed by atoms with van der Waals surface area (Å²) < 4.78 is 3.15. The summed E-state index contributed by atoms with van der Waals surface area (Å²) in [6.45, 7) is 2.23. The molecule has 0 aromatic carbocycles. The quantitative estimate of drug-likeness (QED) is 0.136. The van der Waals surface area contributed by atoms with Crippen LogP contribution < -0.4 is 68.2 Å². The molecule has 184 valence electrons. The van der Waals surface area contributed by atoms with Gasteiger partial charge < -0.3 is 21.9 Å². The summed E-state index contributed by atoms with van der Waals surface area (Å²) in [6, 6.07) is 3.70. The molecule has 0 saturated carbocycles. The van der Waals surface area contributed by atoms with Crippen LogP contribution in [0.2, 0.25) is 0 Å². The van der Waals surface area contributed by atoms with Gasteiger partial charge in [0.05, 0.1) is 6.33 Å². The predicted molar refractivity (Wildman–Crippen MR) is 125 cm³/mol. The van der Waals surface area contributed by atoms with Crippen LogP contribution in [-0.2, 0) is 6.54 Å². The van der Waals surface area contributed by atoms with E-state index in [4.69, 9.17) is 15.9 Å². The molecule has 0 saturated heterocycles. The average molecular weight is 522 g/mol. The first kappa shape index (κ1) is 27.7. The maximum atomic E-state index is 12.2. The number of hydrogen-bond donors (Lipinski definition) is 5. The van der Waals surface area contributed by atoms with Gasteiger partial charge in [-0.1, -0.05) is 6.07 Å². The fourth-order valence-corrected chi connectivity index (χ4v) is 3.37. The number of aromatic amines is 2. The molecule has 0 bridgehead atoms. The van der Waals surface area contributed by atoms with Gasteiger partial charge in [-0.3, -0.25) is 19.0 Å². The van der Waals surface area contributed by atoms with Crippen LogP contribution in [-0.4, -0.2) is 73.0 Å². The van der Waals surface area contributed by atoms with Crippen molar-refractivity contribution >= 4 is 22.8 Å². The van der Waals surface area contributed by atoms with Crippen molar-refractivity contribution in [1.82, 2.24) is 49.5 Å². The Hall–Kier alpha value is -2.86. The minimum atomic E-state index is -0.378. The summed E-state index contributed by atoms with van der Waals surface area (Å²) in [5.41, 5.74) is 7.41. The first-order valence-corrected chi connectivity index (χ1v) is 10.6. The van der Waals surface area contributed by atoms with E-state index in [-0.39, 0.29) is 100 Å². The summed E-state index contributed by atoms with van der Waals surface area (Å²) in [7, 11) is 0. The Labute approximate surface area is 246 Å². The third kappa shape index (κ3) is 5.92. The minimum absolute atomic E-state index is 0. The van der Waals surface area contributed by atoms with Crippen molar-refractivity contribution in [3.63, 3.8) is 0 Å². The van der Waals surface area contributed by atoms with Gasteiger partial charge in [-0.05, 0) is 30.2 Å². The first-order chi connectivity index (χ1) is 16.9. The van der Waals surface area contributed by atoms with E-state index in [0.717, 1.165) is 5.56 Å². The summed E-state index contributed by atoms with van der Waals surface area (Å²) >= 11 is 0. The third-order valence-electron chi connectivity index (χ3n) is 5.30. The van der Waals surface area contributed by atoms with Crippen molar-refractivity contribution < 1.29 is 63.0 Å². The molecule has 5 aromatic rings. The van der Waals surface area contributed by atoms with Gasteiger partial charge in [-0.15, -0.1) is 10.2 Å². The minimum Gasteiger partial charge on any atom is -1.00 e. The number of pyridine rings is 1. The Morgan fingerprint density at radius 3 is 2.67 bits per heavy atom. The normalized spacial score (nSPS) is 10.9. The van der Waals surface area contributed by atoms with Gasteiger partial charge >= 0.3 is 51.4 Å². The molecule has 0 atom stereocenters. The number of anilines is 1. The van der Waals surface area contributed by atoms with E-state index >= 15 is 0 Å². The zero-order valence-corrected chi connectivity index (χ0v) is 22.8. The molecule has 0 aliphatic carbocycles. The molecule has 0 radical (unpaired) electrons. The summed E-state index contributed by atoms with van der Waals surface area (Å²) in [5, 5.41) is 31.2. The molecule has 6 N–H and O–H groups in total. The number of aryl methyl sites for hydroxylation is 2. The van der Waals surface area contributed by atoms with Crippen molar-refractivity contribution in [2.75, 3.05) is 18.9 Å². The van der Waals surface area contributed by atoms with Gasteiger partial charge in [0.1, 0.15) is 11.2 Å². The average Bonchev–Trinajstić information content (AvgIpc) is 3.52. The largest absolute Gasteiger partial charge is 1.00 e. The number of aromatic nitrogens is 10. The number of nitrogens with one attached hydrogen (secondary N) is 2. The second-order valence-corrected chi connectivity index (χ2v) is 7.68. The molecule has 5 heterocycles. The molecular weight excluding hydrogens is 497 g/mol. The summed E-state index contributed by atoms with van der Waals surface area (Å²) in [6.07, 6.45) is 5.20. The SMILES string of the molecule is Cc1cccn2c(=O)c(-c3nn[nH]n3)cnc12.Nc1nc2c(ncn2CCC(CO)CO)c(=O)[nH]1.[H-].[K+]. The maximum Gasteiger partial charge on any atom is 1.00 e. The Morgan fingerprint density at radius 2 is 1.97 bits per heavy atom. The molecule has 0 spiro atoms. The molecule has 16 heteroatoms. The van der Waals surface area contributed by atoms with Gasteiger partial charge in [-0.25, -0.2) is 9.97 Å². The van der Waals surface area contributed by atoms with Crippen LogP contribution in [0.1, 0.15) is 13.4 Å². The number of fused-ring (bicyclic) bond motifs is 2. The number of aliphatic hydroxyl groups excluding tert-OH is 2. The van der Waals surface area contributed by atoms with E-state index in [1.165, 1.54) is 16.9 Å². The Balaban J connectivity index is 0.000000247. The number of rotatable bonds is 6. The topological polar surface area (TPSA) is 219 Å². The van der Waals surface area contributed by atoms with Crippen LogP contribution in [0.15, 0.2) is 40.4 Å². The zero-order valence-electron chi connectivity index (χ0n) is 20.7. The number of nitrogen functional groups attached to an aromatic ring is 1. The van der Waals surface area contributed by atoms with Gasteiger partial charge in [0, 0.05) is 38.1 Å². The molecule has 5 aromatic heterocycles. The van der Waals surface area contributed by atoms with Gasteiger partial charge in [0.25, 0.3) is 11.1 Å². The molecule has 0 unspecified atom stereocenters. The van der Waals surface area contributed by atoms with Gasteiger partial charge in [0.15, 0.2) is 11.2 Å². The van der Waals surface area contributed by atoms with Crippen LogP contribution in [0.4, 0.5) is 5.95 Å². The van der Waals surface area contributed by atoms with Crippen LogP contribution in [0.5, 0.6) is 0 Å². The number of hydrogen-bond acceptors (Lipinski definition) is 11. The molecule has 36 heavy (non-hydrogen) atoms. The smallest absolute Gasteiger partial charge is 1.00 e. The molecule has 5 rings (SSSR count). The van der Waals surface area contributed by atoms with E-state index in [9.17, 15) is 9.59 Å². The molecule has 0 amide bonds. The van der Waals surface area contributed by atoms with Crippen LogP contribution in [0.25, 0.3) is 28.2 Å². The predicted octanol–water partition coefficient (Wildman–Crippen LogP) is -4.01. The number of H-pyrrole nitrogens is 2. The first-order valence-electron chi connectivity index (χ1n) is 10.6. The maximum absolute atomic E-state index is 12.2. The number of aliphatic hydroxyl groups is 2. The van der Waals surface area contributed by atoms with Gasteiger partial charge in [-0.2, -0.15) is 10.2 Å². The monoisotopic (exact) mass is 521 g/mol. The molecular formula is C20H24KN11O4. The van der Waals surface area contributed by atoms with Crippen molar-refractivity contribution in [3.05, 3.63) is 57.1 Å². The van der Waals surface area contributed by atoms with E-state index in [2.05, 4.69) is 40.6 Å². The standard InChI is InChI=1S/C10H8N6O.C10H15N5O3.K.H/c1-6-3-2-4-16-9(6)11-5-7(10(16)17)8-12-14-15-13-8;11-10-13-8-7(9(18)14-10)12-5-15(8)2-1-6(3-16)4-17;;/h2-5H,1H3,(H,12,13,14,15);5-6,16-17H,1-4H2,(H3,11,13,14,18);;/q;;+1;-1. The van der Waals surface area contributed by atoms with Crippen molar-refractivity contribution in [3.8, 4) is 11.4 Å². The summed E-state index contributed by atoms with van der Waals surface area (Å²) in [5.74, 6) is 0.0929. The van der Waals surface area contributed by atoms with E-state index in [0.29, 0.717) is 29.8 Å². The summed E-state index contributed by atoms with van der Waals surface area (Å²) in [4.78, 5) is 38.3. The third-order valence-corrected chi connectivity index (χ3v) is 5.30. The zero-order chi connectivity index (χ0) is 24.9.